The molecule has 0 aromatic heterocycles. The van der Waals surface area contributed by atoms with Crippen LogP contribution in [0.25, 0.3) is 0 Å². The summed E-state index contributed by atoms with van der Waals surface area (Å²) in [5, 5.41) is 0.329. The summed E-state index contributed by atoms with van der Waals surface area (Å²) in [5.74, 6) is 3.88. The van der Waals surface area contributed by atoms with Gasteiger partial charge < -0.3 is 14.4 Å². The first-order valence-electron chi connectivity index (χ1n) is 9.14. The first kappa shape index (κ1) is 19.4. The van der Waals surface area contributed by atoms with Gasteiger partial charge in [-0.15, -0.1) is 24.2 Å². The number of methoxy groups -OCH3 is 1. The molecule has 3 nitrogen and oxygen atoms in total. The third kappa shape index (κ3) is 4.13. The van der Waals surface area contributed by atoms with E-state index in [-0.39, 0.29) is 12.4 Å². The minimum absolute atomic E-state index is 0. The maximum atomic E-state index is 6.14. The van der Waals surface area contributed by atoms with Gasteiger partial charge in [0.15, 0.2) is 0 Å². The summed E-state index contributed by atoms with van der Waals surface area (Å²) in [7, 11) is 1.70. The summed E-state index contributed by atoms with van der Waals surface area (Å²) >= 11 is 2.03. The van der Waals surface area contributed by atoms with Crippen LogP contribution in [0.2, 0.25) is 0 Å². The minimum atomic E-state index is 0. The molecule has 0 N–H and O–H groups in total. The smallest absolute Gasteiger partial charge is 0.135 e. The fourth-order valence-electron chi connectivity index (χ4n) is 3.68. The van der Waals surface area contributed by atoms with E-state index in [1.807, 2.05) is 30.0 Å². The molecule has 2 aromatic rings. The van der Waals surface area contributed by atoms with Crippen molar-refractivity contribution in [3.63, 3.8) is 0 Å². The van der Waals surface area contributed by atoms with Gasteiger partial charge in [0.25, 0.3) is 0 Å². The molecule has 26 heavy (non-hydrogen) atoms. The number of hydrogen-bond donors (Lipinski definition) is 0. The lowest BCUT2D eigenvalue weighted by Crippen LogP contribution is -2.31. The molecule has 1 atom stereocenters. The molecular formula is C21H26ClNO2S. The van der Waals surface area contributed by atoms with Crippen LogP contribution in [-0.2, 0) is 0 Å². The number of hydrogen-bond acceptors (Lipinski definition) is 4. The Kier molecular flexibility index (Phi) is 6.74. The monoisotopic (exact) mass is 391 g/mol. The molecule has 0 amide bonds. The van der Waals surface area contributed by atoms with Crippen LogP contribution in [0.3, 0.4) is 0 Å². The Labute approximate surface area is 166 Å². The van der Waals surface area contributed by atoms with Crippen molar-refractivity contribution in [2.24, 2.45) is 0 Å². The molecule has 0 radical (unpaired) electrons. The van der Waals surface area contributed by atoms with Crippen LogP contribution in [0.4, 0.5) is 0 Å². The van der Waals surface area contributed by atoms with Crippen molar-refractivity contribution >= 4 is 24.2 Å². The van der Waals surface area contributed by atoms with Crippen LogP contribution >= 0.6 is 24.2 Å². The van der Waals surface area contributed by atoms with Gasteiger partial charge in [0.05, 0.1) is 12.4 Å². The Morgan fingerprint density at radius 2 is 1.81 bits per heavy atom. The third-order valence-corrected chi connectivity index (χ3v) is 6.32. The summed E-state index contributed by atoms with van der Waals surface area (Å²) in [6, 6.07) is 14.6. The third-order valence-electron chi connectivity index (χ3n) is 5.07. The molecule has 1 unspecified atom stereocenters. The Bertz CT molecular complexity index is 734. The number of para-hydroxylation sites is 1. The van der Waals surface area contributed by atoms with Crippen LogP contribution in [0.5, 0.6) is 17.2 Å². The molecule has 2 aliphatic rings. The first-order chi connectivity index (χ1) is 12.3. The number of thioether (sulfide) groups is 1. The standard InChI is InChI=1S/C21H25NO2S.ClH/c1-23-16-9-10-18-20(15-16)24-19-8-4-3-7-17(19)21(18)25-14-13-22-11-5-2-6-12-22;/h3-4,7-10,15,21H,2,5-6,11-14H2,1H3;1H. The summed E-state index contributed by atoms with van der Waals surface area (Å²) in [5.41, 5.74) is 2.53. The van der Waals surface area contributed by atoms with Crippen molar-refractivity contribution in [1.29, 1.82) is 0 Å². The lowest BCUT2D eigenvalue weighted by Gasteiger charge is -2.30. The molecule has 2 aromatic carbocycles. The highest BCUT2D eigenvalue weighted by Gasteiger charge is 2.28. The molecule has 1 saturated heterocycles. The van der Waals surface area contributed by atoms with Gasteiger partial charge in [-0.3, -0.25) is 0 Å². The van der Waals surface area contributed by atoms with Crippen LogP contribution in [0.1, 0.15) is 35.6 Å². The highest BCUT2D eigenvalue weighted by atomic mass is 35.5. The fraction of sp³-hybridized carbons (Fsp3) is 0.429. The molecule has 0 spiro atoms. The second-order valence-corrected chi connectivity index (χ2v) is 7.91. The van der Waals surface area contributed by atoms with Gasteiger partial charge in [-0.1, -0.05) is 30.7 Å². The molecule has 1 fully saturated rings. The number of halogens is 1. The second-order valence-electron chi connectivity index (χ2n) is 6.70. The normalized spacial score (nSPS) is 18.9. The number of ether oxygens (including phenoxy) is 2. The van der Waals surface area contributed by atoms with Gasteiger partial charge in [-0.2, -0.15) is 0 Å². The van der Waals surface area contributed by atoms with Gasteiger partial charge in [-0.05, 0) is 38.1 Å². The largest absolute Gasteiger partial charge is 0.497 e. The molecule has 2 aliphatic heterocycles. The van der Waals surface area contributed by atoms with Crippen LogP contribution in [-0.4, -0.2) is 37.4 Å². The van der Waals surface area contributed by atoms with E-state index in [0.717, 1.165) is 23.0 Å². The Balaban J connectivity index is 0.00000196. The molecule has 5 heteroatoms. The molecule has 140 valence electrons. The van der Waals surface area contributed by atoms with E-state index in [4.69, 9.17) is 9.47 Å². The molecule has 0 aliphatic carbocycles. The molecule has 2 heterocycles. The zero-order valence-corrected chi connectivity index (χ0v) is 16.8. The lowest BCUT2D eigenvalue weighted by atomic mass is 9.99. The number of fused-ring (bicyclic) bond motifs is 2. The lowest BCUT2D eigenvalue weighted by molar-refractivity contribution is 0.242. The van der Waals surface area contributed by atoms with Gasteiger partial charge >= 0.3 is 0 Å². The zero-order valence-electron chi connectivity index (χ0n) is 15.1. The second kappa shape index (κ2) is 9.03. The van der Waals surface area contributed by atoms with E-state index in [1.54, 1.807) is 7.11 Å². The first-order valence-corrected chi connectivity index (χ1v) is 10.2. The van der Waals surface area contributed by atoms with Gasteiger partial charge in [-0.25, -0.2) is 0 Å². The molecule has 4 rings (SSSR count). The van der Waals surface area contributed by atoms with E-state index >= 15 is 0 Å². The van der Waals surface area contributed by atoms with E-state index in [1.165, 1.54) is 50.0 Å². The van der Waals surface area contributed by atoms with Gasteiger partial charge in [0, 0.05) is 29.5 Å². The number of rotatable bonds is 5. The molecule has 0 saturated carbocycles. The highest BCUT2D eigenvalue weighted by Crippen LogP contribution is 2.50. The quantitative estimate of drug-likeness (QED) is 0.667. The van der Waals surface area contributed by atoms with Crippen molar-refractivity contribution in [1.82, 2.24) is 4.90 Å². The van der Waals surface area contributed by atoms with Crippen LogP contribution < -0.4 is 9.47 Å². The number of nitrogens with zero attached hydrogens (tertiary/aromatic N) is 1. The average Bonchev–Trinajstić information content (AvgIpc) is 2.67. The Morgan fingerprint density at radius 1 is 1.04 bits per heavy atom. The van der Waals surface area contributed by atoms with Gasteiger partial charge in [0.2, 0.25) is 0 Å². The molecular weight excluding hydrogens is 366 g/mol. The van der Waals surface area contributed by atoms with E-state index in [0.29, 0.717) is 5.25 Å². The van der Waals surface area contributed by atoms with E-state index < -0.39 is 0 Å². The number of benzene rings is 2. The maximum absolute atomic E-state index is 6.14. The Morgan fingerprint density at radius 3 is 2.62 bits per heavy atom. The summed E-state index contributed by atoms with van der Waals surface area (Å²) < 4.78 is 11.5. The average molecular weight is 392 g/mol. The van der Waals surface area contributed by atoms with Crippen molar-refractivity contribution in [2.75, 3.05) is 32.5 Å². The number of likely N-dealkylation sites (tertiary alicyclic amines) is 1. The van der Waals surface area contributed by atoms with E-state index in [9.17, 15) is 0 Å². The van der Waals surface area contributed by atoms with Crippen molar-refractivity contribution < 1.29 is 9.47 Å². The number of piperidine rings is 1. The van der Waals surface area contributed by atoms with Crippen molar-refractivity contribution in [3.8, 4) is 17.2 Å². The summed E-state index contributed by atoms with van der Waals surface area (Å²) in [4.78, 5) is 2.61. The van der Waals surface area contributed by atoms with E-state index in [2.05, 4.69) is 29.2 Å². The van der Waals surface area contributed by atoms with Crippen LogP contribution in [0, 0.1) is 0 Å². The minimum Gasteiger partial charge on any atom is -0.497 e. The summed E-state index contributed by atoms with van der Waals surface area (Å²) in [6.07, 6.45) is 4.10. The molecule has 0 bridgehead atoms. The van der Waals surface area contributed by atoms with Crippen molar-refractivity contribution in [2.45, 2.75) is 24.5 Å². The zero-order chi connectivity index (χ0) is 17.1. The summed E-state index contributed by atoms with van der Waals surface area (Å²) in [6.45, 7) is 3.70. The maximum Gasteiger partial charge on any atom is 0.135 e. The van der Waals surface area contributed by atoms with Crippen molar-refractivity contribution in [3.05, 3.63) is 53.6 Å². The fourth-order valence-corrected chi connectivity index (χ4v) is 5.03. The predicted molar refractivity (Wildman–Crippen MR) is 111 cm³/mol. The Hall–Kier alpha value is -1.36. The van der Waals surface area contributed by atoms with Gasteiger partial charge in [0.1, 0.15) is 17.2 Å². The highest BCUT2D eigenvalue weighted by molar-refractivity contribution is 7.99. The topological polar surface area (TPSA) is 21.7 Å². The predicted octanol–water partition coefficient (Wildman–Crippen LogP) is 5.53. The SMILES string of the molecule is COc1ccc2c(c1)Oc1ccccc1C2SCCN1CCCCC1.Cl. The van der Waals surface area contributed by atoms with Crippen LogP contribution in [0.15, 0.2) is 42.5 Å².